The molecule has 4 heteroatoms. The maximum Gasteiger partial charge on any atom is 0.182 e. The fourth-order valence-corrected chi connectivity index (χ4v) is 3.77. The smallest absolute Gasteiger partial charge is 0.182 e. The molecule has 0 fully saturated rings. The molecule has 0 bridgehead atoms. The Bertz CT molecular complexity index is 706. The van der Waals surface area contributed by atoms with Gasteiger partial charge in [-0.25, -0.2) is 8.42 Å². The van der Waals surface area contributed by atoms with Crippen molar-refractivity contribution in [2.45, 2.75) is 24.5 Å². The molecular weight excluding hydrogens is 258 g/mol. The fraction of sp³-hybridized carbons (Fsp3) is 0.200. The van der Waals surface area contributed by atoms with Crippen LogP contribution in [0.5, 0.6) is 0 Å². The SMILES string of the molecule is Cc1ccccc1S(=O)(=O)Cc1cccc(N)c1C. The summed E-state index contributed by atoms with van der Waals surface area (Å²) in [6.45, 7) is 3.65. The zero-order valence-electron chi connectivity index (χ0n) is 11.1. The summed E-state index contributed by atoms with van der Waals surface area (Å²) in [4.78, 5) is 0.386. The number of aryl methyl sites for hydroxylation is 1. The molecule has 0 aromatic heterocycles. The third-order valence-corrected chi connectivity index (χ3v) is 5.08. The predicted molar refractivity (Wildman–Crippen MR) is 77.7 cm³/mol. The average molecular weight is 275 g/mol. The number of hydrogen-bond donors (Lipinski definition) is 1. The number of sulfone groups is 1. The van der Waals surface area contributed by atoms with Crippen molar-refractivity contribution in [3.8, 4) is 0 Å². The number of anilines is 1. The standard InChI is InChI=1S/C15H17NO2S/c1-11-6-3-4-9-15(11)19(17,18)10-13-7-5-8-14(16)12(13)2/h3-9H,10,16H2,1-2H3. The summed E-state index contributed by atoms with van der Waals surface area (Å²) < 4.78 is 24.9. The molecule has 0 amide bonds. The average Bonchev–Trinajstić information content (AvgIpc) is 2.35. The summed E-state index contributed by atoms with van der Waals surface area (Å²) in [5, 5.41) is 0. The summed E-state index contributed by atoms with van der Waals surface area (Å²) in [5.74, 6) is -0.0191. The van der Waals surface area contributed by atoms with Crippen LogP contribution in [0.2, 0.25) is 0 Å². The van der Waals surface area contributed by atoms with E-state index in [1.165, 1.54) is 0 Å². The first-order valence-corrected chi connectivity index (χ1v) is 7.69. The minimum atomic E-state index is -3.34. The van der Waals surface area contributed by atoms with Crippen LogP contribution in [0.25, 0.3) is 0 Å². The molecule has 0 radical (unpaired) electrons. The molecule has 0 saturated carbocycles. The Kier molecular flexibility index (Phi) is 3.62. The molecule has 0 saturated heterocycles. The van der Waals surface area contributed by atoms with Crippen molar-refractivity contribution in [3.05, 3.63) is 59.2 Å². The van der Waals surface area contributed by atoms with Gasteiger partial charge in [0.25, 0.3) is 0 Å². The molecule has 2 aromatic carbocycles. The molecule has 2 rings (SSSR count). The van der Waals surface area contributed by atoms with E-state index in [1.807, 2.05) is 19.1 Å². The van der Waals surface area contributed by atoms with E-state index >= 15 is 0 Å². The van der Waals surface area contributed by atoms with Crippen LogP contribution >= 0.6 is 0 Å². The maximum absolute atomic E-state index is 12.4. The lowest BCUT2D eigenvalue weighted by Crippen LogP contribution is -2.08. The zero-order chi connectivity index (χ0) is 14.0. The van der Waals surface area contributed by atoms with E-state index in [0.29, 0.717) is 10.6 Å². The lowest BCUT2D eigenvalue weighted by molar-refractivity contribution is 0.594. The molecule has 2 N–H and O–H groups in total. The lowest BCUT2D eigenvalue weighted by Gasteiger charge is -2.10. The largest absolute Gasteiger partial charge is 0.399 e. The molecule has 0 aliphatic heterocycles. The van der Waals surface area contributed by atoms with Crippen molar-refractivity contribution in [3.63, 3.8) is 0 Å². The Balaban J connectivity index is 2.43. The molecular formula is C15H17NO2S. The van der Waals surface area contributed by atoms with E-state index in [2.05, 4.69) is 0 Å². The summed E-state index contributed by atoms with van der Waals surface area (Å²) in [5.41, 5.74) is 8.79. The van der Waals surface area contributed by atoms with E-state index in [0.717, 1.165) is 16.7 Å². The highest BCUT2D eigenvalue weighted by Gasteiger charge is 2.18. The molecule has 19 heavy (non-hydrogen) atoms. The van der Waals surface area contributed by atoms with Gasteiger partial charge in [0, 0.05) is 5.69 Å². The Morgan fingerprint density at radius 1 is 1.00 bits per heavy atom. The van der Waals surface area contributed by atoms with Crippen LogP contribution < -0.4 is 5.73 Å². The van der Waals surface area contributed by atoms with E-state index in [1.54, 1.807) is 37.3 Å². The van der Waals surface area contributed by atoms with E-state index < -0.39 is 9.84 Å². The third-order valence-electron chi connectivity index (χ3n) is 3.26. The number of benzene rings is 2. The van der Waals surface area contributed by atoms with Gasteiger partial charge in [-0.15, -0.1) is 0 Å². The Morgan fingerprint density at radius 3 is 2.37 bits per heavy atom. The number of rotatable bonds is 3. The fourth-order valence-electron chi connectivity index (χ4n) is 2.05. The first-order chi connectivity index (χ1) is 8.92. The molecule has 0 spiro atoms. The summed E-state index contributed by atoms with van der Waals surface area (Å²) in [6.07, 6.45) is 0. The summed E-state index contributed by atoms with van der Waals surface area (Å²) in [7, 11) is -3.34. The highest BCUT2D eigenvalue weighted by Crippen LogP contribution is 2.23. The first-order valence-electron chi connectivity index (χ1n) is 6.04. The van der Waals surface area contributed by atoms with Crippen molar-refractivity contribution in [1.82, 2.24) is 0 Å². The molecule has 2 aromatic rings. The predicted octanol–water partition coefficient (Wildman–Crippen LogP) is 2.86. The summed E-state index contributed by atoms with van der Waals surface area (Å²) >= 11 is 0. The molecule has 0 aliphatic rings. The minimum Gasteiger partial charge on any atom is -0.399 e. The quantitative estimate of drug-likeness (QED) is 0.876. The number of hydrogen-bond acceptors (Lipinski definition) is 3. The van der Waals surface area contributed by atoms with Gasteiger partial charge in [-0.05, 0) is 42.7 Å². The summed E-state index contributed by atoms with van der Waals surface area (Å²) in [6, 6.07) is 12.4. The van der Waals surface area contributed by atoms with Gasteiger partial charge in [0.1, 0.15) is 0 Å². The molecule has 0 aliphatic carbocycles. The van der Waals surface area contributed by atoms with Crippen molar-refractivity contribution in [1.29, 1.82) is 0 Å². The van der Waals surface area contributed by atoms with Gasteiger partial charge in [0.15, 0.2) is 9.84 Å². The van der Waals surface area contributed by atoms with Crippen LogP contribution in [0, 0.1) is 13.8 Å². The van der Waals surface area contributed by atoms with Crippen LogP contribution in [-0.4, -0.2) is 8.42 Å². The molecule has 100 valence electrons. The molecule has 0 unspecified atom stereocenters. The second-order valence-corrected chi connectivity index (χ2v) is 6.61. The zero-order valence-corrected chi connectivity index (χ0v) is 11.9. The van der Waals surface area contributed by atoms with Crippen LogP contribution in [-0.2, 0) is 15.6 Å². The second kappa shape index (κ2) is 5.05. The van der Waals surface area contributed by atoms with Gasteiger partial charge in [0.05, 0.1) is 10.6 Å². The Labute approximate surface area is 114 Å². The molecule has 0 atom stereocenters. The van der Waals surface area contributed by atoms with Gasteiger partial charge < -0.3 is 5.73 Å². The second-order valence-electron chi connectivity index (χ2n) is 4.66. The van der Waals surface area contributed by atoms with Crippen molar-refractivity contribution >= 4 is 15.5 Å². The third kappa shape index (κ3) is 2.79. The van der Waals surface area contributed by atoms with Crippen LogP contribution in [0.3, 0.4) is 0 Å². The minimum absolute atomic E-state index is 0.0191. The normalized spacial score (nSPS) is 11.5. The van der Waals surface area contributed by atoms with E-state index in [-0.39, 0.29) is 5.75 Å². The van der Waals surface area contributed by atoms with Gasteiger partial charge in [-0.3, -0.25) is 0 Å². The van der Waals surface area contributed by atoms with Gasteiger partial charge >= 0.3 is 0 Å². The van der Waals surface area contributed by atoms with Crippen molar-refractivity contribution in [2.75, 3.05) is 5.73 Å². The van der Waals surface area contributed by atoms with Crippen LogP contribution in [0.1, 0.15) is 16.7 Å². The monoisotopic (exact) mass is 275 g/mol. The Hall–Kier alpha value is -1.81. The first kappa shape index (κ1) is 13.6. The van der Waals surface area contributed by atoms with E-state index in [4.69, 9.17) is 5.73 Å². The van der Waals surface area contributed by atoms with Gasteiger partial charge in [-0.1, -0.05) is 30.3 Å². The van der Waals surface area contributed by atoms with Gasteiger partial charge in [-0.2, -0.15) is 0 Å². The highest BCUT2D eigenvalue weighted by atomic mass is 32.2. The Morgan fingerprint density at radius 2 is 1.68 bits per heavy atom. The number of nitrogens with two attached hydrogens (primary N) is 1. The van der Waals surface area contributed by atoms with Crippen molar-refractivity contribution in [2.24, 2.45) is 0 Å². The number of nitrogen functional groups attached to an aromatic ring is 1. The molecule has 0 heterocycles. The maximum atomic E-state index is 12.4. The lowest BCUT2D eigenvalue weighted by atomic mass is 10.1. The van der Waals surface area contributed by atoms with Crippen molar-refractivity contribution < 1.29 is 8.42 Å². The highest BCUT2D eigenvalue weighted by molar-refractivity contribution is 7.90. The van der Waals surface area contributed by atoms with Crippen LogP contribution in [0.15, 0.2) is 47.4 Å². The van der Waals surface area contributed by atoms with Crippen LogP contribution in [0.4, 0.5) is 5.69 Å². The van der Waals surface area contributed by atoms with Gasteiger partial charge in [0.2, 0.25) is 0 Å². The van der Waals surface area contributed by atoms with E-state index in [9.17, 15) is 8.42 Å². The topological polar surface area (TPSA) is 60.2 Å². The molecule has 3 nitrogen and oxygen atoms in total.